The molecule has 0 atom stereocenters. The average Bonchev–Trinajstić information content (AvgIpc) is 2.96. The monoisotopic (exact) mass is 321 g/mol. The lowest BCUT2D eigenvalue weighted by Crippen LogP contribution is -2.23. The Balaban J connectivity index is 2.17. The Morgan fingerprint density at radius 1 is 1.22 bits per heavy atom. The summed E-state index contributed by atoms with van der Waals surface area (Å²) in [6, 6.07) is 3.45. The summed E-state index contributed by atoms with van der Waals surface area (Å²) in [5, 5.41) is 2.75. The number of hydrogen-bond donors (Lipinski definition) is 1. The van der Waals surface area contributed by atoms with Crippen LogP contribution in [0.1, 0.15) is 36.6 Å². The highest BCUT2D eigenvalue weighted by molar-refractivity contribution is 5.41. The molecule has 0 amide bonds. The zero-order chi connectivity index (χ0) is 16.7. The molecule has 1 aromatic carbocycles. The summed E-state index contributed by atoms with van der Waals surface area (Å²) < 4.78 is 41.1. The summed E-state index contributed by atoms with van der Waals surface area (Å²) in [5.41, 5.74) is 1.19. The largest absolute Gasteiger partial charge is 0.297 e. The Morgan fingerprint density at radius 3 is 2.48 bits per heavy atom. The number of hydrogen-bond acceptors (Lipinski definition) is 2. The Hall–Kier alpha value is -2.57. The predicted molar refractivity (Wildman–Crippen MR) is 79.0 cm³/mol. The number of rotatable bonds is 3. The van der Waals surface area contributed by atoms with Gasteiger partial charge in [0.25, 0.3) is 5.56 Å². The molecule has 2 heterocycles. The van der Waals surface area contributed by atoms with E-state index in [0.717, 1.165) is 12.1 Å². The minimum absolute atomic E-state index is 0.0323. The fraction of sp³-hybridized carbons (Fsp3) is 0.250. The van der Waals surface area contributed by atoms with E-state index in [1.54, 1.807) is 12.3 Å². The van der Waals surface area contributed by atoms with Crippen molar-refractivity contribution in [2.45, 2.75) is 26.2 Å². The SMILES string of the molecule is CC(C)c1nc2cc[nH]n2c(=O)c1Cc1cc(F)c(F)c(F)c1. The number of nitrogens with one attached hydrogen (secondary N) is 1. The highest BCUT2D eigenvalue weighted by Crippen LogP contribution is 2.20. The third-order valence-electron chi connectivity index (χ3n) is 3.64. The number of aromatic nitrogens is 3. The van der Waals surface area contributed by atoms with Crippen LogP contribution in [-0.2, 0) is 6.42 Å². The van der Waals surface area contributed by atoms with Crippen molar-refractivity contribution >= 4 is 5.65 Å². The van der Waals surface area contributed by atoms with E-state index in [1.807, 2.05) is 13.8 Å². The molecule has 3 aromatic rings. The van der Waals surface area contributed by atoms with Crippen LogP contribution in [0.25, 0.3) is 5.65 Å². The van der Waals surface area contributed by atoms with E-state index >= 15 is 0 Å². The number of fused-ring (bicyclic) bond motifs is 1. The number of aromatic amines is 1. The topological polar surface area (TPSA) is 50.2 Å². The second kappa shape index (κ2) is 5.57. The van der Waals surface area contributed by atoms with E-state index in [1.165, 1.54) is 4.52 Å². The van der Waals surface area contributed by atoms with Gasteiger partial charge in [0.1, 0.15) is 0 Å². The zero-order valence-corrected chi connectivity index (χ0v) is 12.5. The van der Waals surface area contributed by atoms with Crippen LogP contribution in [0.4, 0.5) is 13.2 Å². The zero-order valence-electron chi connectivity index (χ0n) is 12.5. The van der Waals surface area contributed by atoms with Gasteiger partial charge in [-0.2, -0.15) is 0 Å². The fourth-order valence-corrected chi connectivity index (χ4v) is 2.57. The van der Waals surface area contributed by atoms with Crippen LogP contribution in [0.3, 0.4) is 0 Å². The van der Waals surface area contributed by atoms with Crippen LogP contribution in [0.15, 0.2) is 29.2 Å². The molecule has 0 unspecified atom stereocenters. The molecule has 3 rings (SSSR count). The molecule has 0 spiro atoms. The molecule has 0 aliphatic carbocycles. The molecule has 0 radical (unpaired) electrons. The van der Waals surface area contributed by atoms with Crippen molar-refractivity contribution in [3.8, 4) is 0 Å². The van der Waals surface area contributed by atoms with Gasteiger partial charge < -0.3 is 0 Å². The van der Waals surface area contributed by atoms with E-state index in [9.17, 15) is 18.0 Å². The fourth-order valence-electron chi connectivity index (χ4n) is 2.57. The van der Waals surface area contributed by atoms with Gasteiger partial charge in [-0.1, -0.05) is 13.8 Å². The standard InChI is InChI=1S/C16H14F3N3O/c1-8(2)15-10(16(23)22-13(21-15)3-4-20-22)5-9-6-11(17)14(19)12(18)7-9/h3-4,6-8,20H,5H2,1-2H3. The maximum atomic E-state index is 13.4. The molecule has 0 saturated heterocycles. The molecule has 0 bridgehead atoms. The molecule has 120 valence electrons. The van der Waals surface area contributed by atoms with Crippen LogP contribution in [0, 0.1) is 17.5 Å². The molecule has 2 aromatic heterocycles. The van der Waals surface area contributed by atoms with Gasteiger partial charge in [0, 0.05) is 24.2 Å². The molecule has 0 fully saturated rings. The van der Waals surface area contributed by atoms with Gasteiger partial charge >= 0.3 is 0 Å². The summed E-state index contributed by atoms with van der Waals surface area (Å²) in [5.74, 6) is -4.12. The van der Waals surface area contributed by atoms with E-state index < -0.39 is 17.5 Å². The summed E-state index contributed by atoms with van der Waals surface area (Å²) in [6.07, 6.45) is 1.55. The smallest absolute Gasteiger partial charge is 0.276 e. The summed E-state index contributed by atoms with van der Waals surface area (Å²) in [7, 11) is 0. The Bertz CT molecular complexity index is 920. The van der Waals surface area contributed by atoms with Gasteiger partial charge in [-0.15, -0.1) is 0 Å². The first-order valence-corrected chi connectivity index (χ1v) is 7.10. The van der Waals surface area contributed by atoms with Gasteiger partial charge in [-0.25, -0.2) is 22.7 Å². The Labute approximate surface area is 129 Å². The van der Waals surface area contributed by atoms with Gasteiger partial charge in [0.2, 0.25) is 0 Å². The first-order valence-electron chi connectivity index (χ1n) is 7.10. The minimum atomic E-state index is -1.52. The Kier molecular flexibility index (Phi) is 3.71. The third-order valence-corrected chi connectivity index (χ3v) is 3.64. The summed E-state index contributed by atoms with van der Waals surface area (Å²) in [6.45, 7) is 3.75. The van der Waals surface area contributed by atoms with Crippen molar-refractivity contribution in [1.82, 2.24) is 14.6 Å². The van der Waals surface area contributed by atoms with Crippen molar-refractivity contribution in [1.29, 1.82) is 0 Å². The first kappa shape index (κ1) is 15.3. The molecule has 7 heteroatoms. The number of benzene rings is 1. The van der Waals surface area contributed by atoms with E-state index in [4.69, 9.17) is 0 Å². The van der Waals surface area contributed by atoms with Gasteiger partial charge in [0.05, 0.1) is 5.69 Å². The summed E-state index contributed by atoms with van der Waals surface area (Å²) in [4.78, 5) is 17.0. The summed E-state index contributed by atoms with van der Waals surface area (Å²) >= 11 is 0. The minimum Gasteiger partial charge on any atom is -0.297 e. The quantitative estimate of drug-likeness (QED) is 0.753. The lowest BCUT2D eigenvalue weighted by atomic mass is 9.98. The van der Waals surface area contributed by atoms with E-state index in [-0.39, 0.29) is 23.5 Å². The van der Waals surface area contributed by atoms with Gasteiger partial charge in [-0.05, 0) is 23.6 Å². The molecule has 4 nitrogen and oxygen atoms in total. The molecular weight excluding hydrogens is 307 g/mol. The molecular formula is C16H14F3N3O. The lowest BCUT2D eigenvalue weighted by Gasteiger charge is -2.12. The molecule has 1 N–H and O–H groups in total. The van der Waals surface area contributed by atoms with Crippen molar-refractivity contribution in [2.24, 2.45) is 0 Å². The van der Waals surface area contributed by atoms with Crippen LogP contribution in [-0.4, -0.2) is 14.6 Å². The second-order valence-corrected chi connectivity index (χ2v) is 5.64. The number of H-pyrrole nitrogens is 1. The lowest BCUT2D eigenvalue weighted by molar-refractivity contribution is 0.445. The number of halogens is 3. The molecule has 23 heavy (non-hydrogen) atoms. The van der Waals surface area contributed by atoms with Crippen molar-refractivity contribution < 1.29 is 13.2 Å². The van der Waals surface area contributed by atoms with Crippen molar-refractivity contribution in [3.05, 3.63) is 69.0 Å². The van der Waals surface area contributed by atoms with Gasteiger partial charge in [0.15, 0.2) is 23.1 Å². The van der Waals surface area contributed by atoms with Crippen molar-refractivity contribution in [2.75, 3.05) is 0 Å². The first-order chi connectivity index (χ1) is 10.9. The molecule has 0 aliphatic rings. The molecule has 0 aliphatic heterocycles. The highest BCUT2D eigenvalue weighted by atomic mass is 19.2. The number of nitrogens with zero attached hydrogens (tertiary/aromatic N) is 2. The highest BCUT2D eigenvalue weighted by Gasteiger charge is 2.18. The van der Waals surface area contributed by atoms with Crippen LogP contribution < -0.4 is 5.56 Å². The van der Waals surface area contributed by atoms with Crippen LogP contribution in [0.5, 0.6) is 0 Å². The van der Waals surface area contributed by atoms with Crippen molar-refractivity contribution in [3.63, 3.8) is 0 Å². The van der Waals surface area contributed by atoms with Gasteiger partial charge in [-0.3, -0.25) is 9.89 Å². The molecule has 0 saturated carbocycles. The average molecular weight is 321 g/mol. The maximum absolute atomic E-state index is 13.4. The predicted octanol–water partition coefficient (Wildman–Crippen LogP) is 3.15. The maximum Gasteiger partial charge on any atom is 0.276 e. The Morgan fingerprint density at radius 2 is 1.87 bits per heavy atom. The second-order valence-electron chi connectivity index (χ2n) is 5.64. The normalized spacial score (nSPS) is 11.6. The van der Waals surface area contributed by atoms with E-state index in [2.05, 4.69) is 10.1 Å². The van der Waals surface area contributed by atoms with E-state index in [0.29, 0.717) is 16.9 Å². The third kappa shape index (κ3) is 2.62. The van der Waals surface area contributed by atoms with Crippen LogP contribution >= 0.6 is 0 Å². The van der Waals surface area contributed by atoms with Crippen LogP contribution in [0.2, 0.25) is 0 Å².